The number of aryl methyl sites for hydroxylation is 2. The SMILES string of the molecule is CC(O)CCN(C)c1nc2c(cc1C(=N)N)CCC2. The fraction of sp³-hybridized carbons (Fsp3) is 0.571. The third kappa shape index (κ3) is 3.04. The smallest absolute Gasteiger partial charge is 0.139 e. The van der Waals surface area contributed by atoms with Gasteiger partial charge >= 0.3 is 0 Å². The van der Waals surface area contributed by atoms with Crippen LogP contribution in [0.2, 0.25) is 0 Å². The standard InChI is InChI=1S/C14H22N4O/c1-9(19)6-7-18(2)14-11(13(15)16)8-10-4-3-5-12(10)17-14/h8-9,19H,3-7H2,1-2H3,(H3,15,16). The van der Waals surface area contributed by atoms with Crippen LogP contribution in [0, 0.1) is 5.41 Å². The van der Waals surface area contributed by atoms with Crippen molar-refractivity contribution >= 4 is 11.7 Å². The molecule has 0 saturated carbocycles. The first-order valence-corrected chi connectivity index (χ1v) is 6.75. The van der Waals surface area contributed by atoms with Crippen LogP contribution in [0.3, 0.4) is 0 Å². The van der Waals surface area contributed by atoms with Crippen molar-refractivity contribution in [1.29, 1.82) is 5.41 Å². The molecule has 5 nitrogen and oxygen atoms in total. The second-order valence-corrected chi connectivity index (χ2v) is 5.29. The Morgan fingerprint density at radius 1 is 1.58 bits per heavy atom. The summed E-state index contributed by atoms with van der Waals surface area (Å²) in [6, 6.07) is 2.01. The number of pyridine rings is 1. The minimum Gasteiger partial charge on any atom is -0.393 e. The molecule has 5 heteroatoms. The lowest BCUT2D eigenvalue weighted by Crippen LogP contribution is -2.27. The van der Waals surface area contributed by atoms with Gasteiger partial charge in [0.2, 0.25) is 0 Å². The van der Waals surface area contributed by atoms with Gasteiger partial charge in [-0.25, -0.2) is 4.98 Å². The van der Waals surface area contributed by atoms with E-state index in [0.717, 1.165) is 30.8 Å². The van der Waals surface area contributed by atoms with Crippen LogP contribution in [0.25, 0.3) is 0 Å². The van der Waals surface area contributed by atoms with Crippen LogP contribution >= 0.6 is 0 Å². The number of aliphatic hydroxyl groups is 1. The summed E-state index contributed by atoms with van der Waals surface area (Å²) in [6.45, 7) is 2.47. The van der Waals surface area contributed by atoms with Crippen LogP contribution in [-0.4, -0.2) is 35.6 Å². The quantitative estimate of drug-likeness (QED) is 0.547. The molecule has 0 bridgehead atoms. The predicted octanol–water partition coefficient (Wildman–Crippen LogP) is 1.06. The van der Waals surface area contributed by atoms with Crippen molar-refractivity contribution in [2.45, 2.75) is 38.7 Å². The molecule has 1 aromatic heterocycles. The largest absolute Gasteiger partial charge is 0.393 e. The van der Waals surface area contributed by atoms with Crippen molar-refractivity contribution in [3.8, 4) is 0 Å². The summed E-state index contributed by atoms with van der Waals surface area (Å²) in [5.41, 5.74) is 8.72. The molecule has 0 radical (unpaired) electrons. The lowest BCUT2D eigenvalue weighted by molar-refractivity contribution is 0.187. The van der Waals surface area contributed by atoms with E-state index in [-0.39, 0.29) is 11.9 Å². The summed E-state index contributed by atoms with van der Waals surface area (Å²) in [4.78, 5) is 6.65. The number of fused-ring (bicyclic) bond motifs is 1. The zero-order valence-electron chi connectivity index (χ0n) is 11.6. The number of hydrogen-bond acceptors (Lipinski definition) is 4. The maximum atomic E-state index is 9.37. The van der Waals surface area contributed by atoms with E-state index in [9.17, 15) is 5.11 Å². The molecule has 104 valence electrons. The molecular weight excluding hydrogens is 240 g/mol. The van der Waals surface area contributed by atoms with Crippen molar-refractivity contribution < 1.29 is 5.11 Å². The Hall–Kier alpha value is -1.62. The molecule has 0 aliphatic heterocycles. The van der Waals surface area contributed by atoms with E-state index >= 15 is 0 Å². The van der Waals surface area contributed by atoms with E-state index in [1.165, 1.54) is 5.56 Å². The van der Waals surface area contributed by atoms with Crippen LogP contribution in [0.4, 0.5) is 5.82 Å². The Labute approximate surface area is 114 Å². The van der Waals surface area contributed by atoms with Gasteiger partial charge < -0.3 is 15.7 Å². The summed E-state index contributed by atoms with van der Waals surface area (Å²) in [7, 11) is 1.93. The highest BCUT2D eigenvalue weighted by Gasteiger charge is 2.19. The Morgan fingerprint density at radius 3 is 2.95 bits per heavy atom. The second kappa shape index (κ2) is 5.57. The molecule has 19 heavy (non-hydrogen) atoms. The molecule has 0 spiro atoms. The van der Waals surface area contributed by atoms with Gasteiger partial charge in [0.05, 0.1) is 11.7 Å². The Balaban J connectivity index is 2.29. The van der Waals surface area contributed by atoms with Gasteiger partial charge in [-0.05, 0) is 44.2 Å². The normalized spacial score (nSPS) is 15.1. The van der Waals surface area contributed by atoms with Gasteiger partial charge in [-0.2, -0.15) is 0 Å². The van der Waals surface area contributed by atoms with Gasteiger partial charge in [0.1, 0.15) is 11.7 Å². The lowest BCUT2D eigenvalue weighted by atomic mass is 10.1. The Bertz CT molecular complexity index is 485. The van der Waals surface area contributed by atoms with Crippen molar-refractivity contribution in [2.24, 2.45) is 5.73 Å². The number of rotatable bonds is 5. The first kappa shape index (κ1) is 13.8. The van der Waals surface area contributed by atoms with Crippen molar-refractivity contribution in [3.63, 3.8) is 0 Å². The topological polar surface area (TPSA) is 86.2 Å². The van der Waals surface area contributed by atoms with Crippen LogP contribution in [0.15, 0.2) is 6.07 Å². The summed E-state index contributed by atoms with van der Waals surface area (Å²) in [5.74, 6) is 0.815. The van der Waals surface area contributed by atoms with Gasteiger partial charge in [-0.3, -0.25) is 5.41 Å². The molecule has 0 amide bonds. The molecule has 0 fully saturated rings. The maximum absolute atomic E-state index is 9.37. The van der Waals surface area contributed by atoms with Crippen molar-refractivity contribution in [2.75, 3.05) is 18.5 Å². The predicted molar refractivity (Wildman–Crippen MR) is 76.8 cm³/mol. The number of hydrogen-bond donors (Lipinski definition) is 3. The molecule has 0 saturated heterocycles. The van der Waals surface area contributed by atoms with E-state index in [1.54, 1.807) is 6.92 Å². The average Bonchev–Trinajstić information content (AvgIpc) is 2.81. The van der Waals surface area contributed by atoms with Crippen LogP contribution in [-0.2, 0) is 12.8 Å². The molecular formula is C14H22N4O. The molecule has 1 atom stereocenters. The zero-order valence-corrected chi connectivity index (χ0v) is 11.6. The van der Waals surface area contributed by atoms with Gasteiger partial charge in [0.15, 0.2) is 0 Å². The highest BCUT2D eigenvalue weighted by atomic mass is 16.3. The Morgan fingerprint density at radius 2 is 2.32 bits per heavy atom. The van der Waals surface area contributed by atoms with E-state index < -0.39 is 0 Å². The van der Waals surface area contributed by atoms with Gasteiger partial charge in [0, 0.05) is 19.3 Å². The molecule has 1 aromatic rings. The van der Waals surface area contributed by atoms with Crippen LogP contribution in [0.1, 0.15) is 36.6 Å². The van der Waals surface area contributed by atoms with E-state index in [2.05, 4.69) is 4.98 Å². The number of anilines is 1. The van der Waals surface area contributed by atoms with Crippen LogP contribution in [0.5, 0.6) is 0 Å². The van der Waals surface area contributed by atoms with Crippen molar-refractivity contribution in [1.82, 2.24) is 4.98 Å². The second-order valence-electron chi connectivity index (χ2n) is 5.29. The molecule has 4 N–H and O–H groups in total. The van der Waals surface area contributed by atoms with Gasteiger partial charge in [-0.15, -0.1) is 0 Å². The van der Waals surface area contributed by atoms with Gasteiger partial charge in [0.25, 0.3) is 0 Å². The van der Waals surface area contributed by atoms with E-state index in [4.69, 9.17) is 11.1 Å². The number of nitrogens with one attached hydrogen (secondary N) is 1. The summed E-state index contributed by atoms with van der Waals surface area (Å²) in [6.07, 6.45) is 3.50. The molecule has 1 aliphatic rings. The monoisotopic (exact) mass is 262 g/mol. The molecule has 0 aromatic carbocycles. The van der Waals surface area contributed by atoms with E-state index in [0.29, 0.717) is 18.5 Å². The number of nitrogens with zero attached hydrogens (tertiary/aromatic N) is 2. The minimum atomic E-state index is -0.336. The average molecular weight is 262 g/mol. The number of aliphatic hydroxyl groups excluding tert-OH is 1. The summed E-state index contributed by atoms with van der Waals surface area (Å²) < 4.78 is 0. The highest BCUT2D eigenvalue weighted by molar-refractivity contribution is 5.99. The van der Waals surface area contributed by atoms with E-state index in [1.807, 2.05) is 18.0 Å². The van der Waals surface area contributed by atoms with Crippen LogP contribution < -0.4 is 10.6 Å². The maximum Gasteiger partial charge on any atom is 0.139 e. The molecule has 1 unspecified atom stereocenters. The number of aromatic nitrogens is 1. The Kier molecular flexibility index (Phi) is 4.04. The van der Waals surface area contributed by atoms with Crippen molar-refractivity contribution in [3.05, 3.63) is 22.9 Å². The zero-order chi connectivity index (χ0) is 14.0. The fourth-order valence-electron chi connectivity index (χ4n) is 2.44. The summed E-state index contributed by atoms with van der Waals surface area (Å²) >= 11 is 0. The summed E-state index contributed by atoms with van der Waals surface area (Å²) in [5, 5.41) is 17.1. The highest BCUT2D eigenvalue weighted by Crippen LogP contribution is 2.26. The molecule has 2 rings (SSSR count). The fourth-order valence-corrected chi connectivity index (χ4v) is 2.44. The third-order valence-electron chi connectivity index (χ3n) is 3.56. The number of amidine groups is 1. The van der Waals surface area contributed by atoms with Gasteiger partial charge in [-0.1, -0.05) is 0 Å². The first-order chi connectivity index (χ1) is 8.99. The first-order valence-electron chi connectivity index (χ1n) is 6.75. The molecule has 1 heterocycles. The third-order valence-corrected chi connectivity index (χ3v) is 3.56. The number of nitrogens with two attached hydrogens (primary N) is 1. The lowest BCUT2D eigenvalue weighted by Gasteiger charge is -2.22. The minimum absolute atomic E-state index is 0.0566. The molecule has 1 aliphatic carbocycles. The number of nitrogen functional groups attached to an aromatic ring is 1.